The molecule has 0 aliphatic carbocycles. The van der Waals surface area contributed by atoms with Crippen LogP contribution in [0.15, 0.2) is 12.3 Å². The normalized spacial score (nSPS) is 21.1. The third kappa shape index (κ3) is 41.7. The van der Waals surface area contributed by atoms with Crippen LogP contribution >= 0.6 is 0 Å². The summed E-state index contributed by atoms with van der Waals surface area (Å²) in [6, 6.07) is 0. The number of hydrogen-bond donors (Lipinski definition) is 0. The van der Waals surface area contributed by atoms with Gasteiger partial charge in [0.05, 0.1) is 11.9 Å². The fourth-order valence-electron chi connectivity index (χ4n) is 10.2. The van der Waals surface area contributed by atoms with Crippen molar-refractivity contribution in [2.24, 2.45) is 0 Å². The van der Waals surface area contributed by atoms with Crippen molar-refractivity contribution < 1.29 is 42.9 Å². The minimum Gasteiger partial charge on any atom is -0.495 e. The second-order valence-electron chi connectivity index (χ2n) is 21.9. The van der Waals surface area contributed by atoms with Gasteiger partial charge in [-0.2, -0.15) is 0 Å². The van der Waals surface area contributed by atoms with Gasteiger partial charge in [-0.25, -0.2) is 0 Å². The summed E-state index contributed by atoms with van der Waals surface area (Å²) in [7, 11) is 0. The zero-order valence-corrected chi connectivity index (χ0v) is 48.0. The summed E-state index contributed by atoms with van der Waals surface area (Å²) in [5.74, 6) is 1.02. The van der Waals surface area contributed by atoms with Crippen LogP contribution in [0.2, 0.25) is 0 Å². The second-order valence-corrected chi connectivity index (χ2v) is 21.9. The Balaban J connectivity index is 0.000000451. The molecular weight excluding hydrogens is 901 g/mol. The van der Waals surface area contributed by atoms with Gasteiger partial charge in [-0.05, 0) is 103 Å². The van der Waals surface area contributed by atoms with Gasteiger partial charge in [0.15, 0.2) is 0 Å². The summed E-state index contributed by atoms with van der Waals surface area (Å²) in [5.41, 5.74) is 0. The van der Waals surface area contributed by atoms with Crippen molar-refractivity contribution in [1.82, 2.24) is 0 Å². The molecule has 5 rings (SSSR count). The van der Waals surface area contributed by atoms with E-state index in [1.165, 1.54) is 212 Å². The molecule has 0 aromatic heterocycles. The van der Waals surface area contributed by atoms with E-state index in [4.69, 9.17) is 23.7 Å². The lowest BCUT2D eigenvalue weighted by atomic mass is 10.0. The predicted molar refractivity (Wildman–Crippen MR) is 299 cm³/mol. The molecule has 0 spiro atoms. The van der Waals surface area contributed by atoms with Crippen molar-refractivity contribution in [2.45, 2.75) is 367 Å². The van der Waals surface area contributed by atoms with Crippen LogP contribution in [-0.4, -0.2) is 54.4 Å². The molecule has 5 unspecified atom stereocenters. The molecule has 72 heavy (non-hydrogen) atoms. The number of carbonyl (C=O) groups excluding carboxylic acids is 4. The Bertz CT molecular complexity index is 1300. The maximum absolute atomic E-state index is 11.0. The van der Waals surface area contributed by atoms with E-state index in [1.54, 1.807) is 0 Å². The van der Waals surface area contributed by atoms with E-state index in [1.807, 2.05) is 0 Å². The van der Waals surface area contributed by atoms with Crippen LogP contribution in [0.3, 0.4) is 0 Å². The van der Waals surface area contributed by atoms with E-state index in [0.717, 1.165) is 70.0 Å². The molecule has 5 aliphatic heterocycles. The van der Waals surface area contributed by atoms with E-state index in [9.17, 15) is 19.2 Å². The fraction of sp³-hybridized carbons (Fsp3) is 0.905. The molecule has 0 radical (unpaired) electrons. The number of ether oxygens (including phenoxy) is 5. The molecule has 9 nitrogen and oxygen atoms in total. The van der Waals surface area contributed by atoms with E-state index in [2.05, 4.69) is 41.2 Å². The summed E-state index contributed by atoms with van der Waals surface area (Å²) in [6.07, 6.45) is 58.2. The van der Waals surface area contributed by atoms with Gasteiger partial charge in [-0.3, -0.25) is 19.2 Å². The Morgan fingerprint density at radius 1 is 0.292 bits per heavy atom. The van der Waals surface area contributed by atoms with Gasteiger partial charge in [0.25, 0.3) is 0 Å². The zero-order chi connectivity index (χ0) is 52.5. The van der Waals surface area contributed by atoms with Crippen molar-refractivity contribution in [3.63, 3.8) is 0 Å². The highest BCUT2D eigenvalue weighted by Gasteiger charge is 2.24. The molecule has 422 valence electrons. The molecule has 0 N–H and O–H groups in total. The van der Waals surface area contributed by atoms with Crippen molar-refractivity contribution in [1.29, 1.82) is 0 Å². The SMILES string of the molecule is C=C1CCC(CCCCCCCCCC)O1.CCCCCCCC1CCC(=O)O1.CCCCCCCC1CCCC(=O)O1.CCCCCCCCC1CCC(=O)O1.CCCCCCCCCC1CCC(=O)O1. The van der Waals surface area contributed by atoms with Crippen molar-refractivity contribution in [3.8, 4) is 0 Å². The Morgan fingerprint density at radius 3 is 0.750 bits per heavy atom. The van der Waals surface area contributed by atoms with Crippen LogP contribution in [0.25, 0.3) is 0 Å². The van der Waals surface area contributed by atoms with E-state index in [-0.39, 0.29) is 48.3 Å². The highest BCUT2D eigenvalue weighted by Crippen LogP contribution is 2.26. The monoisotopic (exact) mass is 1020 g/mol. The minimum absolute atomic E-state index is 0.000910. The third-order valence-corrected chi connectivity index (χ3v) is 14.8. The van der Waals surface area contributed by atoms with Gasteiger partial charge in [0.2, 0.25) is 0 Å². The second kappa shape index (κ2) is 49.3. The fourth-order valence-corrected chi connectivity index (χ4v) is 10.2. The largest absolute Gasteiger partial charge is 0.495 e. The molecule has 0 bridgehead atoms. The highest BCUT2D eigenvalue weighted by atomic mass is 16.6. The van der Waals surface area contributed by atoms with E-state index < -0.39 is 0 Å². The Hall–Kier alpha value is -2.58. The first-order valence-corrected chi connectivity index (χ1v) is 31.3. The van der Waals surface area contributed by atoms with Crippen LogP contribution in [0.1, 0.15) is 336 Å². The average molecular weight is 1020 g/mol. The van der Waals surface area contributed by atoms with E-state index >= 15 is 0 Å². The summed E-state index contributed by atoms with van der Waals surface area (Å²) < 4.78 is 26.3. The van der Waals surface area contributed by atoms with Gasteiger partial charge >= 0.3 is 23.9 Å². The van der Waals surface area contributed by atoms with Gasteiger partial charge in [-0.1, -0.05) is 208 Å². The van der Waals surface area contributed by atoms with Crippen molar-refractivity contribution in [2.75, 3.05) is 0 Å². The first kappa shape index (κ1) is 67.4. The molecule has 0 aromatic rings. The number of rotatable bonds is 36. The molecule has 0 aromatic carbocycles. The van der Waals surface area contributed by atoms with Gasteiger partial charge in [0, 0.05) is 32.1 Å². The zero-order valence-electron chi connectivity index (χ0n) is 48.0. The molecule has 5 aliphatic rings. The van der Waals surface area contributed by atoms with Gasteiger partial charge < -0.3 is 23.7 Å². The number of unbranched alkanes of at least 4 members (excludes halogenated alkanes) is 26. The summed E-state index contributed by atoms with van der Waals surface area (Å²) in [6.45, 7) is 15.1. The lowest BCUT2D eigenvalue weighted by Crippen LogP contribution is -2.23. The smallest absolute Gasteiger partial charge is 0.306 e. The van der Waals surface area contributed by atoms with Gasteiger partial charge in [-0.15, -0.1) is 0 Å². The van der Waals surface area contributed by atoms with Crippen LogP contribution in [0.5, 0.6) is 0 Å². The summed E-state index contributed by atoms with van der Waals surface area (Å²) in [5, 5.41) is 0. The predicted octanol–water partition coefficient (Wildman–Crippen LogP) is 19.0. The van der Waals surface area contributed by atoms with Crippen LogP contribution in [-0.2, 0) is 42.9 Å². The molecule has 0 amide bonds. The number of cyclic esters (lactones) is 4. The number of esters is 4. The first-order valence-electron chi connectivity index (χ1n) is 31.3. The van der Waals surface area contributed by atoms with Gasteiger partial charge in [0.1, 0.15) is 24.4 Å². The Labute approximate surface area is 444 Å². The number of carbonyl (C=O) groups is 4. The summed E-state index contributed by atoms with van der Waals surface area (Å²) >= 11 is 0. The molecule has 9 heteroatoms. The van der Waals surface area contributed by atoms with Crippen LogP contribution in [0, 0.1) is 0 Å². The molecule has 5 heterocycles. The first-order chi connectivity index (χ1) is 35.1. The van der Waals surface area contributed by atoms with Crippen LogP contribution < -0.4 is 0 Å². The maximum atomic E-state index is 11.0. The Morgan fingerprint density at radius 2 is 0.514 bits per heavy atom. The molecule has 5 atom stereocenters. The molecular formula is C63H116O9. The van der Waals surface area contributed by atoms with Crippen molar-refractivity contribution in [3.05, 3.63) is 12.3 Å². The Kier molecular flexibility index (Phi) is 46.2. The standard InChI is InChI=1S/C15H28O.C13H24O2.2C12H22O2.C11H20O2/c1-3-4-5-6-7-8-9-10-11-15-13-12-14(2)16-15;1-2-3-4-5-6-7-8-9-12-10-11-13(14)15-12;1-2-3-4-5-6-8-11-9-7-10-12(13)14-11;1-2-3-4-5-6-7-8-11-9-10-12(13)14-11;1-2-3-4-5-6-7-10-8-9-11(12)13-10/h15H,2-13H2,1H3;12H,2-11H2,1H3;2*11H,2-10H2,1H3;10H,2-9H2,1H3. The maximum Gasteiger partial charge on any atom is 0.306 e. The lowest BCUT2D eigenvalue weighted by molar-refractivity contribution is -0.154. The minimum atomic E-state index is -0.00134. The molecule has 5 fully saturated rings. The topological polar surface area (TPSA) is 114 Å². The molecule has 5 saturated heterocycles. The number of allylic oxidation sites excluding steroid dienone is 1. The quantitative estimate of drug-likeness (QED) is 0.0344. The number of hydrogen-bond acceptors (Lipinski definition) is 9. The average Bonchev–Trinajstić information content (AvgIpc) is 4.20. The summed E-state index contributed by atoms with van der Waals surface area (Å²) in [4.78, 5) is 43.4. The third-order valence-electron chi connectivity index (χ3n) is 14.8. The lowest BCUT2D eigenvalue weighted by Gasteiger charge is -2.21. The van der Waals surface area contributed by atoms with Crippen molar-refractivity contribution >= 4 is 23.9 Å². The van der Waals surface area contributed by atoms with E-state index in [0.29, 0.717) is 31.8 Å². The van der Waals surface area contributed by atoms with Crippen LogP contribution in [0.4, 0.5) is 0 Å². The molecule has 0 saturated carbocycles. The highest BCUT2D eigenvalue weighted by molar-refractivity contribution is 5.72.